The van der Waals surface area contributed by atoms with E-state index in [0.717, 1.165) is 0 Å². The fraction of sp³-hybridized carbons (Fsp3) is 0.538. The molecule has 0 aromatic heterocycles. The maximum absolute atomic E-state index is 6.28. The van der Waals surface area contributed by atoms with Crippen molar-refractivity contribution < 1.29 is 0 Å². The van der Waals surface area contributed by atoms with E-state index in [0.29, 0.717) is 6.54 Å². The van der Waals surface area contributed by atoms with Crippen LogP contribution in [0.25, 0.3) is 0 Å². The second kappa shape index (κ2) is 11.1. The molecule has 3 aromatic rings. The second-order valence-electron chi connectivity index (χ2n) is 16.2. The van der Waals surface area contributed by atoms with E-state index in [-0.39, 0.29) is 33.5 Å². The van der Waals surface area contributed by atoms with E-state index in [1.165, 1.54) is 50.1 Å². The van der Waals surface area contributed by atoms with Crippen LogP contribution in [0.3, 0.4) is 0 Å². The lowest BCUT2D eigenvalue weighted by Crippen LogP contribution is -2.18. The fourth-order valence-electron chi connectivity index (χ4n) is 5.16. The molecule has 0 saturated heterocycles. The summed E-state index contributed by atoms with van der Waals surface area (Å²) in [7, 11) is 0. The van der Waals surface area contributed by atoms with Crippen molar-refractivity contribution in [1.82, 2.24) is 0 Å². The smallest absolute Gasteiger partial charge is 0.0178 e. The van der Waals surface area contributed by atoms with Crippen molar-refractivity contribution in [2.75, 3.05) is 0 Å². The van der Waals surface area contributed by atoms with Gasteiger partial charge < -0.3 is 5.73 Å². The zero-order valence-corrected chi connectivity index (χ0v) is 28.1. The Bertz CT molecular complexity index is 1160. The number of hydrogen-bond acceptors (Lipinski definition) is 1. The molecular formula is C39H56N. The first-order valence-electron chi connectivity index (χ1n) is 15.2. The molecular weight excluding hydrogens is 482 g/mol. The highest BCUT2D eigenvalue weighted by atomic mass is 14.5. The SMILES string of the molecule is C[C@H](c1[c]c([C@@H](C)c2cc(C(C)(C)C)cc(C(C)(C)C)c2)cc(CN)c1)c1cc(C(C)(C)C)cc(C(C)(C)C)c1. The van der Waals surface area contributed by atoms with Crippen LogP contribution in [0.5, 0.6) is 0 Å². The summed E-state index contributed by atoms with van der Waals surface area (Å²) < 4.78 is 0. The molecule has 2 N–H and O–H groups in total. The molecule has 3 aromatic carbocycles. The fourth-order valence-corrected chi connectivity index (χ4v) is 5.16. The summed E-state index contributed by atoms with van der Waals surface area (Å²) in [5, 5.41) is 0. The maximum Gasteiger partial charge on any atom is 0.0178 e. The van der Waals surface area contributed by atoms with Gasteiger partial charge in [-0.2, -0.15) is 0 Å². The second-order valence-corrected chi connectivity index (χ2v) is 16.2. The van der Waals surface area contributed by atoms with Gasteiger partial charge in [0.05, 0.1) is 0 Å². The van der Waals surface area contributed by atoms with E-state index in [4.69, 9.17) is 5.73 Å². The summed E-state index contributed by atoms with van der Waals surface area (Å²) >= 11 is 0. The molecule has 0 unspecified atom stereocenters. The molecule has 40 heavy (non-hydrogen) atoms. The van der Waals surface area contributed by atoms with Crippen molar-refractivity contribution in [2.24, 2.45) is 5.73 Å². The minimum absolute atomic E-state index is 0.0844. The monoisotopic (exact) mass is 538 g/mol. The van der Waals surface area contributed by atoms with Crippen molar-refractivity contribution in [3.63, 3.8) is 0 Å². The van der Waals surface area contributed by atoms with Crippen LogP contribution >= 0.6 is 0 Å². The van der Waals surface area contributed by atoms with Gasteiger partial charge in [-0.3, -0.25) is 0 Å². The van der Waals surface area contributed by atoms with Crippen LogP contribution in [0, 0.1) is 6.07 Å². The van der Waals surface area contributed by atoms with Crippen LogP contribution in [-0.4, -0.2) is 0 Å². The van der Waals surface area contributed by atoms with Gasteiger partial charge in [0.2, 0.25) is 0 Å². The van der Waals surface area contributed by atoms with Gasteiger partial charge in [0.15, 0.2) is 0 Å². The molecule has 0 saturated carbocycles. The van der Waals surface area contributed by atoms with Crippen LogP contribution in [0.2, 0.25) is 0 Å². The Balaban J connectivity index is 2.17. The van der Waals surface area contributed by atoms with Gasteiger partial charge in [-0.25, -0.2) is 0 Å². The normalized spacial score (nSPS) is 14.8. The van der Waals surface area contributed by atoms with E-state index in [9.17, 15) is 0 Å². The van der Waals surface area contributed by atoms with Crippen LogP contribution in [0.15, 0.2) is 48.5 Å². The average Bonchev–Trinajstić information content (AvgIpc) is 2.84. The highest BCUT2D eigenvalue weighted by Crippen LogP contribution is 2.38. The molecule has 2 atom stereocenters. The van der Waals surface area contributed by atoms with Crippen molar-refractivity contribution in [3.05, 3.63) is 105 Å². The van der Waals surface area contributed by atoms with Gasteiger partial charge >= 0.3 is 0 Å². The molecule has 1 nitrogen and oxygen atoms in total. The lowest BCUT2D eigenvalue weighted by atomic mass is 9.76. The zero-order valence-electron chi connectivity index (χ0n) is 28.1. The molecule has 0 heterocycles. The molecule has 0 amide bonds. The number of benzene rings is 3. The minimum atomic E-state index is 0.0844. The third-order valence-corrected chi connectivity index (χ3v) is 8.51. The third-order valence-electron chi connectivity index (χ3n) is 8.51. The van der Waals surface area contributed by atoms with E-state index in [1.54, 1.807) is 0 Å². The molecule has 217 valence electrons. The van der Waals surface area contributed by atoms with E-state index < -0.39 is 0 Å². The first-order valence-corrected chi connectivity index (χ1v) is 15.2. The first-order chi connectivity index (χ1) is 18.1. The van der Waals surface area contributed by atoms with Crippen molar-refractivity contribution in [3.8, 4) is 0 Å². The standard InChI is InChI=1S/C39H56N/c1-25(30-18-32(36(3,4)5)22-33(19-30)37(6,7)8)28-15-27(24-40)16-29(17-28)26(2)31-20-34(38(9,10)11)23-35(21-31)39(12,13)14/h15-16,18-23,25-26H,24,40H2,1-14H3/t25-,26-/m1/s1. The maximum atomic E-state index is 6.28. The quantitative estimate of drug-likeness (QED) is 0.343. The van der Waals surface area contributed by atoms with E-state index in [2.05, 4.69) is 152 Å². The summed E-state index contributed by atoms with van der Waals surface area (Å²) in [6, 6.07) is 22.9. The lowest BCUT2D eigenvalue weighted by molar-refractivity contribution is 0.565. The minimum Gasteiger partial charge on any atom is -0.326 e. The van der Waals surface area contributed by atoms with Gasteiger partial charge in [0, 0.05) is 18.4 Å². The van der Waals surface area contributed by atoms with Crippen LogP contribution in [0.4, 0.5) is 0 Å². The summed E-state index contributed by atoms with van der Waals surface area (Å²) in [5.41, 5.74) is 18.5. The zero-order chi connectivity index (χ0) is 30.4. The van der Waals surface area contributed by atoms with Gasteiger partial charge in [-0.15, -0.1) is 0 Å². The molecule has 0 aliphatic heterocycles. The molecule has 0 aliphatic carbocycles. The Morgan fingerprint density at radius 1 is 0.500 bits per heavy atom. The predicted molar refractivity (Wildman–Crippen MR) is 176 cm³/mol. The molecule has 1 heteroatoms. The summed E-state index contributed by atoms with van der Waals surface area (Å²) in [4.78, 5) is 0. The Kier molecular flexibility index (Phi) is 8.94. The van der Waals surface area contributed by atoms with Gasteiger partial charge in [0.25, 0.3) is 0 Å². The van der Waals surface area contributed by atoms with Crippen LogP contribution in [-0.2, 0) is 28.2 Å². The Morgan fingerprint density at radius 3 is 1.00 bits per heavy atom. The Hall–Kier alpha value is -2.38. The summed E-state index contributed by atoms with van der Waals surface area (Å²) in [6.45, 7) is 32.9. The molecule has 3 rings (SSSR count). The Labute approximate surface area is 247 Å². The molecule has 0 bridgehead atoms. The molecule has 0 aliphatic rings. The van der Waals surface area contributed by atoms with Gasteiger partial charge in [-0.05, 0) is 77.8 Å². The average molecular weight is 539 g/mol. The number of hydrogen-bond donors (Lipinski definition) is 1. The highest BCUT2D eigenvalue weighted by molar-refractivity contribution is 5.46. The van der Waals surface area contributed by atoms with E-state index >= 15 is 0 Å². The van der Waals surface area contributed by atoms with Gasteiger partial charge in [0.1, 0.15) is 0 Å². The third kappa shape index (κ3) is 7.47. The number of rotatable bonds is 5. The summed E-state index contributed by atoms with van der Waals surface area (Å²) in [6.07, 6.45) is 0. The molecule has 0 spiro atoms. The van der Waals surface area contributed by atoms with E-state index in [1.807, 2.05) is 0 Å². The molecule has 0 fully saturated rings. The molecule has 1 radical (unpaired) electrons. The summed E-state index contributed by atoms with van der Waals surface area (Å²) in [5.74, 6) is 0.429. The highest BCUT2D eigenvalue weighted by Gasteiger charge is 2.25. The Morgan fingerprint density at radius 2 is 0.775 bits per heavy atom. The van der Waals surface area contributed by atoms with Crippen LogP contribution in [0.1, 0.15) is 159 Å². The number of nitrogens with two attached hydrogens (primary N) is 1. The van der Waals surface area contributed by atoms with Crippen molar-refractivity contribution >= 4 is 0 Å². The largest absolute Gasteiger partial charge is 0.326 e. The van der Waals surface area contributed by atoms with Crippen molar-refractivity contribution in [2.45, 2.75) is 137 Å². The topological polar surface area (TPSA) is 26.0 Å². The first kappa shape index (κ1) is 32.1. The lowest BCUT2D eigenvalue weighted by Gasteiger charge is -2.28. The van der Waals surface area contributed by atoms with Crippen LogP contribution < -0.4 is 5.73 Å². The predicted octanol–water partition coefficient (Wildman–Crippen LogP) is 10.4. The van der Waals surface area contributed by atoms with Crippen molar-refractivity contribution in [1.29, 1.82) is 0 Å². The van der Waals surface area contributed by atoms with Gasteiger partial charge in [-0.1, -0.05) is 145 Å².